The molecule has 0 spiro atoms. The van der Waals surface area contributed by atoms with E-state index in [-0.39, 0.29) is 5.91 Å². The van der Waals surface area contributed by atoms with E-state index < -0.39 is 0 Å². The first-order valence-corrected chi connectivity index (χ1v) is 7.47. The van der Waals surface area contributed by atoms with Crippen molar-refractivity contribution >= 4 is 17.4 Å². The zero-order valence-electron chi connectivity index (χ0n) is 12.6. The third kappa shape index (κ3) is 3.26. The first-order valence-electron chi connectivity index (χ1n) is 7.47. The van der Waals surface area contributed by atoms with E-state index in [1.807, 2.05) is 43.5 Å². The van der Waals surface area contributed by atoms with Crippen molar-refractivity contribution in [3.05, 3.63) is 42.1 Å². The standard InChI is InChI=1S/C17H19N3O2/c1-2-22-8-7-18-16-6-5-14(11-19-16)12-3-4-13-10-17(21)20-15(13)9-12/h3-6,9,11H,2,7-8,10H2,1H3,(H,18,19)(H,20,21). The topological polar surface area (TPSA) is 63.2 Å². The fraction of sp³-hybridized carbons (Fsp3) is 0.294. The highest BCUT2D eigenvalue weighted by molar-refractivity contribution is 5.99. The van der Waals surface area contributed by atoms with Crippen molar-refractivity contribution in [2.24, 2.45) is 0 Å². The molecule has 1 aliphatic heterocycles. The molecule has 114 valence electrons. The molecule has 2 aromatic rings. The number of benzene rings is 1. The second kappa shape index (κ2) is 6.58. The number of anilines is 2. The lowest BCUT2D eigenvalue weighted by Gasteiger charge is -2.08. The van der Waals surface area contributed by atoms with Gasteiger partial charge in [-0.2, -0.15) is 0 Å². The summed E-state index contributed by atoms with van der Waals surface area (Å²) in [6.07, 6.45) is 2.30. The number of nitrogens with zero attached hydrogens (tertiary/aromatic N) is 1. The highest BCUT2D eigenvalue weighted by atomic mass is 16.5. The van der Waals surface area contributed by atoms with Crippen LogP contribution in [-0.4, -0.2) is 30.6 Å². The molecule has 0 saturated carbocycles. The van der Waals surface area contributed by atoms with E-state index in [9.17, 15) is 4.79 Å². The van der Waals surface area contributed by atoms with Gasteiger partial charge >= 0.3 is 0 Å². The monoisotopic (exact) mass is 297 g/mol. The maximum atomic E-state index is 11.4. The van der Waals surface area contributed by atoms with Crippen LogP contribution in [0.2, 0.25) is 0 Å². The van der Waals surface area contributed by atoms with Gasteiger partial charge in [-0.1, -0.05) is 12.1 Å². The third-order valence-corrected chi connectivity index (χ3v) is 3.59. The fourth-order valence-corrected chi connectivity index (χ4v) is 2.46. The molecule has 3 rings (SSSR count). The number of nitrogens with one attached hydrogen (secondary N) is 2. The van der Waals surface area contributed by atoms with Gasteiger partial charge in [-0.15, -0.1) is 0 Å². The van der Waals surface area contributed by atoms with Crippen molar-refractivity contribution in [2.75, 3.05) is 30.4 Å². The van der Waals surface area contributed by atoms with Crippen LogP contribution < -0.4 is 10.6 Å². The van der Waals surface area contributed by atoms with Gasteiger partial charge < -0.3 is 15.4 Å². The number of hydrogen-bond donors (Lipinski definition) is 2. The van der Waals surface area contributed by atoms with Crippen LogP contribution in [0.5, 0.6) is 0 Å². The lowest BCUT2D eigenvalue weighted by atomic mass is 10.0. The number of aromatic nitrogens is 1. The van der Waals surface area contributed by atoms with Crippen molar-refractivity contribution in [3.8, 4) is 11.1 Å². The van der Waals surface area contributed by atoms with Gasteiger partial charge in [0, 0.05) is 30.6 Å². The molecule has 5 nitrogen and oxygen atoms in total. The number of ether oxygens (including phenoxy) is 1. The lowest BCUT2D eigenvalue weighted by Crippen LogP contribution is -2.09. The van der Waals surface area contributed by atoms with Crippen molar-refractivity contribution < 1.29 is 9.53 Å². The van der Waals surface area contributed by atoms with E-state index in [0.717, 1.165) is 41.3 Å². The molecule has 1 aromatic heterocycles. The van der Waals surface area contributed by atoms with Crippen molar-refractivity contribution in [3.63, 3.8) is 0 Å². The first kappa shape index (κ1) is 14.5. The normalized spacial score (nSPS) is 12.9. The Morgan fingerprint density at radius 2 is 2.14 bits per heavy atom. The Morgan fingerprint density at radius 1 is 1.27 bits per heavy atom. The summed E-state index contributed by atoms with van der Waals surface area (Å²) in [5, 5.41) is 6.09. The summed E-state index contributed by atoms with van der Waals surface area (Å²) in [6, 6.07) is 10.00. The first-order chi connectivity index (χ1) is 10.8. The minimum absolute atomic E-state index is 0.0547. The highest BCUT2D eigenvalue weighted by Crippen LogP contribution is 2.29. The predicted octanol–water partition coefficient (Wildman–Crippen LogP) is 2.69. The van der Waals surface area contributed by atoms with Crippen molar-refractivity contribution in [2.45, 2.75) is 13.3 Å². The Bertz CT molecular complexity index is 668. The Kier molecular flexibility index (Phi) is 4.34. The molecule has 0 saturated heterocycles. The smallest absolute Gasteiger partial charge is 0.228 e. The molecule has 5 heteroatoms. The molecule has 0 radical (unpaired) electrons. The summed E-state index contributed by atoms with van der Waals surface area (Å²) in [5.74, 6) is 0.886. The van der Waals surface area contributed by atoms with Crippen LogP contribution in [0.4, 0.5) is 11.5 Å². The number of pyridine rings is 1. The van der Waals surface area contributed by atoms with Crippen molar-refractivity contribution in [1.29, 1.82) is 0 Å². The Labute approximate surface area is 129 Å². The summed E-state index contributed by atoms with van der Waals surface area (Å²) >= 11 is 0. The fourth-order valence-electron chi connectivity index (χ4n) is 2.46. The van der Waals surface area contributed by atoms with Crippen LogP contribution in [0.25, 0.3) is 11.1 Å². The largest absolute Gasteiger partial charge is 0.380 e. The summed E-state index contributed by atoms with van der Waals surface area (Å²) in [4.78, 5) is 15.8. The van der Waals surface area contributed by atoms with Gasteiger partial charge in [0.15, 0.2) is 0 Å². The second-order valence-corrected chi connectivity index (χ2v) is 5.15. The van der Waals surface area contributed by atoms with E-state index in [1.54, 1.807) is 0 Å². The van der Waals surface area contributed by atoms with E-state index >= 15 is 0 Å². The van der Waals surface area contributed by atoms with E-state index in [2.05, 4.69) is 15.6 Å². The Morgan fingerprint density at radius 3 is 2.91 bits per heavy atom. The Balaban J connectivity index is 1.68. The van der Waals surface area contributed by atoms with Crippen LogP contribution in [-0.2, 0) is 16.0 Å². The molecule has 0 atom stereocenters. The number of amides is 1. The summed E-state index contributed by atoms with van der Waals surface area (Å²) in [6.45, 7) is 4.12. The van der Waals surface area contributed by atoms with Gasteiger partial charge in [-0.25, -0.2) is 4.98 Å². The Hall–Kier alpha value is -2.40. The summed E-state index contributed by atoms with van der Waals surface area (Å²) in [7, 11) is 0. The highest BCUT2D eigenvalue weighted by Gasteiger charge is 2.17. The van der Waals surface area contributed by atoms with Crippen LogP contribution in [0, 0.1) is 0 Å². The molecule has 22 heavy (non-hydrogen) atoms. The lowest BCUT2D eigenvalue weighted by molar-refractivity contribution is -0.115. The van der Waals surface area contributed by atoms with Gasteiger partial charge in [0.25, 0.3) is 0 Å². The zero-order chi connectivity index (χ0) is 15.4. The van der Waals surface area contributed by atoms with Gasteiger partial charge in [0.05, 0.1) is 13.0 Å². The summed E-state index contributed by atoms with van der Waals surface area (Å²) in [5.41, 5.74) is 4.03. The molecule has 0 aliphatic carbocycles. The number of carbonyl (C=O) groups is 1. The van der Waals surface area contributed by atoms with Gasteiger partial charge in [0.2, 0.25) is 5.91 Å². The van der Waals surface area contributed by atoms with Gasteiger partial charge in [0.1, 0.15) is 5.82 Å². The number of fused-ring (bicyclic) bond motifs is 1. The van der Waals surface area contributed by atoms with Crippen LogP contribution in [0.3, 0.4) is 0 Å². The maximum absolute atomic E-state index is 11.4. The number of hydrogen-bond acceptors (Lipinski definition) is 4. The van der Waals surface area contributed by atoms with Crippen LogP contribution in [0.1, 0.15) is 12.5 Å². The molecule has 0 unspecified atom stereocenters. The molecule has 1 aromatic carbocycles. The average Bonchev–Trinajstić information content (AvgIpc) is 2.91. The molecule has 2 heterocycles. The quantitative estimate of drug-likeness (QED) is 0.805. The predicted molar refractivity (Wildman–Crippen MR) is 87.0 cm³/mol. The zero-order valence-corrected chi connectivity index (χ0v) is 12.6. The molecule has 0 bridgehead atoms. The average molecular weight is 297 g/mol. The maximum Gasteiger partial charge on any atom is 0.228 e. The number of carbonyl (C=O) groups excluding carboxylic acids is 1. The molecule has 1 amide bonds. The van der Waals surface area contributed by atoms with E-state index in [0.29, 0.717) is 13.0 Å². The summed E-state index contributed by atoms with van der Waals surface area (Å²) < 4.78 is 5.27. The van der Waals surface area contributed by atoms with Gasteiger partial charge in [-0.05, 0) is 36.2 Å². The second-order valence-electron chi connectivity index (χ2n) is 5.15. The molecular formula is C17H19N3O2. The minimum atomic E-state index is 0.0547. The molecule has 1 aliphatic rings. The minimum Gasteiger partial charge on any atom is -0.380 e. The molecule has 2 N–H and O–H groups in total. The third-order valence-electron chi connectivity index (χ3n) is 3.59. The van der Waals surface area contributed by atoms with Crippen molar-refractivity contribution in [1.82, 2.24) is 4.98 Å². The molecule has 0 fully saturated rings. The van der Waals surface area contributed by atoms with Crippen LogP contribution >= 0.6 is 0 Å². The van der Waals surface area contributed by atoms with E-state index in [4.69, 9.17) is 4.74 Å². The van der Waals surface area contributed by atoms with Gasteiger partial charge in [-0.3, -0.25) is 4.79 Å². The van der Waals surface area contributed by atoms with Crippen LogP contribution in [0.15, 0.2) is 36.5 Å². The molecular weight excluding hydrogens is 278 g/mol. The number of rotatable bonds is 6. The van der Waals surface area contributed by atoms with E-state index in [1.165, 1.54) is 0 Å². The SMILES string of the molecule is CCOCCNc1ccc(-c2ccc3c(c2)NC(=O)C3)cn1.